The van der Waals surface area contributed by atoms with Gasteiger partial charge in [0.05, 0.1) is 18.2 Å². The smallest absolute Gasteiger partial charge is 0.220 e. The molecular weight excluding hydrogens is 266 g/mol. The fourth-order valence-corrected chi connectivity index (χ4v) is 2.15. The highest BCUT2D eigenvalue weighted by Crippen LogP contribution is 2.37. The van der Waals surface area contributed by atoms with Gasteiger partial charge < -0.3 is 9.47 Å². The van der Waals surface area contributed by atoms with E-state index in [0.717, 1.165) is 0 Å². The van der Waals surface area contributed by atoms with Crippen LogP contribution in [0.5, 0.6) is 0 Å². The van der Waals surface area contributed by atoms with Crippen LogP contribution in [0.4, 0.5) is 0 Å². The van der Waals surface area contributed by atoms with E-state index in [-0.39, 0.29) is 0 Å². The maximum absolute atomic E-state index is 6.10. The van der Waals surface area contributed by atoms with Crippen molar-refractivity contribution in [3.8, 4) is 0 Å². The van der Waals surface area contributed by atoms with Crippen molar-refractivity contribution in [3.63, 3.8) is 0 Å². The fourth-order valence-electron chi connectivity index (χ4n) is 1.45. The van der Waals surface area contributed by atoms with Crippen LogP contribution < -0.4 is 0 Å². The number of thiocarbonyl (C=S) groups is 1. The zero-order valence-electron chi connectivity index (χ0n) is 8.60. The van der Waals surface area contributed by atoms with Crippen LogP contribution in [0, 0.1) is 0 Å². The number of ether oxygens (including phenoxy) is 2. The van der Waals surface area contributed by atoms with E-state index in [2.05, 4.69) is 4.98 Å². The summed E-state index contributed by atoms with van der Waals surface area (Å²) in [7, 11) is 0. The zero-order chi connectivity index (χ0) is 11.6. The lowest BCUT2D eigenvalue weighted by Crippen LogP contribution is -2.50. The average Bonchev–Trinajstić information content (AvgIpc) is 2.24. The molecule has 3 nitrogen and oxygen atoms in total. The van der Waals surface area contributed by atoms with Crippen LogP contribution in [-0.4, -0.2) is 28.8 Å². The number of hydrogen-bond acceptors (Lipinski definition) is 5. The van der Waals surface area contributed by atoms with E-state index in [9.17, 15) is 0 Å². The predicted molar refractivity (Wildman–Crippen MR) is 68.9 cm³/mol. The van der Waals surface area contributed by atoms with Crippen LogP contribution in [0.15, 0.2) is 18.3 Å². The molecule has 16 heavy (non-hydrogen) atoms. The summed E-state index contributed by atoms with van der Waals surface area (Å²) in [5.74, 6) is 0. The Labute approximate surface area is 108 Å². The molecule has 0 radical (unpaired) electrons. The molecule has 6 heteroatoms. The van der Waals surface area contributed by atoms with E-state index in [1.54, 1.807) is 18.3 Å². The molecule has 0 spiro atoms. The third-order valence-corrected chi connectivity index (χ3v) is 3.61. The predicted octanol–water partition coefficient (Wildman–Crippen LogP) is 2.63. The normalized spacial score (nSPS) is 17.6. The quantitative estimate of drug-likeness (QED) is 0.775. The molecule has 0 amide bonds. The third-order valence-electron chi connectivity index (χ3n) is 2.31. The second-order valence-corrected chi connectivity index (χ2v) is 5.19. The highest BCUT2D eigenvalue weighted by molar-refractivity contribution is 8.22. The molecule has 1 aromatic rings. The average molecular weight is 276 g/mol. The molecule has 86 valence electrons. The van der Waals surface area contributed by atoms with Gasteiger partial charge >= 0.3 is 0 Å². The van der Waals surface area contributed by atoms with Crippen molar-refractivity contribution in [2.45, 2.75) is 5.60 Å². The zero-order valence-corrected chi connectivity index (χ0v) is 11.0. The van der Waals surface area contributed by atoms with Gasteiger partial charge in [0.15, 0.2) is 5.60 Å². The van der Waals surface area contributed by atoms with Gasteiger partial charge in [0.2, 0.25) is 4.38 Å². The van der Waals surface area contributed by atoms with Gasteiger partial charge in [-0.3, -0.25) is 4.98 Å². The number of halogens is 1. The second kappa shape index (κ2) is 4.87. The van der Waals surface area contributed by atoms with Crippen LogP contribution in [0.3, 0.4) is 0 Å². The van der Waals surface area contributed by atoms with Gasteiger partial charge in [0.1, 0.15) is 5.69 Å². The first-order valence-corrected chi connectivity index (χ1v) is 6.65. The Morgan fingerprint density at radius 1 is 1.69 bits per heavy atom. The summed E-state index contributed by atoms with van der Waals surface area (Å²) in [5.41, 5.74) is 0.0950. The second-order valence-electron chi connectivity index (χ2n) is 3.38. The lowest BCUT2D eigenvalue weighted by atomic mass is 9.97. The minimum atomic E-state index is -0.599. The summed E-state index contributed by atoms with van der Waals surface area (Å²) >= 11 is 12.5. The minimum Gasteiger partial charge on any atom is -0.460 e. The van der Waals surface area contributed by atoms with Crippen LogP contribution in [0.2, 0.25) is 5.02 Å². The van der Waals surface area contributed by atoms with Crippen molar-refractivity contribution in [2.24, 2.45) is 0 Å². The summed E-state index contributed by atoms with van der Waals surface area (Å²) in [6.07, 6.45) is 3.56. The summed E-state index contributed by atoms with van der Waals surface area (Å²) in [5, 5.41) is 0.578. The topological polar surface area (TPSA) is 31.4 Å². The molecule has 1 aliphatic rings. The van der Waals surface area contributed by atoms with Gasteiger partial charge in [0.25, 0.3) is 0 Å². The summed E-state index contributed by atoms with van der Waals surface area (Å²) in [6.45, 7) is 0.870. The van der Waals surface area contributed by atoms with E-state index >= 15 is 0 Å². The number of rotatable bonds is 2. The molecule has 0 unspecified atom stereocenters. The summed E-state index contributed by atoms with van der Waals surface area (Å²) in [6, 6.07) is 3.57. The molecule has 0 saturated carbocycles. The monoisotopic (exact) mass is 275 g/mol. The lowest BCUT2D eigenvalue weighted by molar-refractivity contribution is -0.174. The Hall–Kier alpha value is -0.360. The first-order chi connectivity index (χ1) is 7.68. The molecule has 1 aromatic heterocycles. The number of aromatic nitrogens is 1. The number of pyridine rings is 1. The van der Waals surface area contributed by atoms with Gasteiger partial charge in [0, 0.05) is 6.20 Å². The summed E-state index contributed by atoms with van der Waals surface area (Å²) in [4.78, 5) is 4.25. The molecule has 0 atom stereocenters. The molecular formula is C10H10ClNO2S2. The fraction of sp³-hybridized carbons (Fsp3) is 0.400. The van der Waals surface area contributed by atoms with Crippen molar-refractivity contribution >= 4 is 40.0 Å². The molecule has 0 aromatic carbocycles. The molecule has 2 rings (SSSR count). The van der Waals surface area contributed by atoms with E-state index in [1.807, 2.05) is 6.26 Å². The SMILES string of the molecule is CSC(=S)OC1(c2ncccc2Cl)COC1. The maximum Gasteiger partial charge on any atom is 0.220 e. The van der Waals surface area contributed by atoms with Gasteiger partial charge in [-0.15, -0.1) is 0 Å². The molecule has 1 aliphatic heterocycles. The maximum atomic E-state index is 6.10. The largest absolute Gasteiger partial charge is 0.460 e. The van der Waals surface area contributed by atoms with Gasteiger partial charge in [-0.1, -0.05) is 23.4 Å². The lowest BCUT2D eigenvalue weighted by Gasteiger charge is -2.40. The van der Waals surface area contributed by atoms with Crippen molar-refractivity contribution < 1.29 is 9.47 Å². The Balaban J connectivity index is 2.28. The molecule has 2 heterocycles. The molecule has 0 N–H and O–H groups in total. The number of nitrogens with zero attached hydrogens (tertiary/aromatic N) is 1. The van der Waals surface area contributed by atoms with Gasteiger partial charge in [-0.25, -0.2) is 0 Å². The molecule has 0 bridgehead atoms. The van der Waals surface area contributed by atoms with Gasteiger partial charge in [-0.05, 0) is 30.6 Å². The Morgan fingerprint density at radius 2 is 2.44 bits per heavy atom. The van der Waals surface area contributed by atoms with E-state index in [1.165, 1.54) is 11.8 Å². The van der Waals surface area contributed by atoms with E-state index < -0.39 is 5.60 Å². The van der Waals surface area contributed by atoms with Crippen LogP contribution in [0.1, 0.15) is 5.69 Å². The Bertz CT molecular complexity index is 410. The Kier molecular flexibility index (Phi) is 3.69. The van der Waals surface area contributed by atoms with Crippen LogP contribution in [0.25, 0.3) is 0 Å². The molecule has 0 aliphatic carbocycles. The van der Waals surface area contributed by atoms with Crippen molar-refractivity contribution in [3.05, 3.63) is 29.0 Å². The van der Waals surface area contributed by atoms with E-state index in [0.29, 0.717) is 28.3 Å². The van der Waals surface area contributed by atoms with E-state index in [4.69, 9.17) is 33.3 Å². The third kappa shape index (κ3) is 2.18. The van der Waals surface area contributed by atoms with Crippen LogP contribution >= 0.6 is 35.6 Å². The Morgan fingerprint density at radius 3 is 2.94 bits per heavy atom. The van der Waals surface area contributed by atoms with Crippen LogP contribution in [-0.2, 0) is 15.1 Å². The van der Waals surface area contributed by atoms with Crippen molar-refractivity contribution in [2.75, 3.05) is 19.5 Å². The highest BCUT2D eigenvalue weighted by atomic mass is 35.5. The first-order valence-electron chi connectivity index (χ1n) is 4.64. The number of thioether (sulfide) groups is 1. The van der Waals surface area contributed by atoms with Gasteiger partial charge in [-0.2, -0.15) is 0 Å². The minimum absolute atomic E-state index is 0.435. The summed E-state index contributed by atoms with van der Waals surface area (Å²) < 4.78 is 11.4. The standard InChI is InChI=1S/C10H10ClNO2S2/c1-16-9(15)14-10(5-13-6-10)8-7(11)3-2-4-12-8/h2-4H,5-6H2,1H3. The van der Waals surface area contributed by atoms with Crippen molar-refractivity contribution in [1.82, 2.24) is 4.98 Å². The molecule has 1 fully saturated rings. The molecule has 1 saturated heterocycles. The van der Waals surface area contributed by atoms with Crippen molar-refractivity contribution in [1.29, 1.82) is 0 Å². The number of hydrogen-bond donors (Lipinski definition) is 0. The first kappa shape index (κ1) is 12.1. The highest BCUT2D eigenvalue weighted by Gasteiger charge is 2.46.